The van der Waals surface area contributed by atoms with Gasteiger partial charge in [0, 0.05) is 96.2 Å². The molecular weight excluding hydrogens is 1530 g/mol. The first-order valence-electron chi connectivity index (χ1n) is 25.2. The average Bonchev–Trinajstić information content (AvgIpc) is 3.49. The molecule has 11 aromatic rings. The van der Waals surface area contributed by atoms with Gasteiger partial charge < -0.3 is 19.9 Å². The maximum atomic E-state index is 13.1. The van der Waals surface area contributed by atoms with Gasteiger partial charge in [-0.3, -0.25) is 0 Å². The Hall–Kier alpha value is -7.12. The summed E-state index contributed by atoms with van der Waals surface area (Å²) in [6, 6.07) is 74.4. The van der Waals surface area contributed by atoms with E-state index in [0.717, 1.165) is 56.5 Å². The zero-order chi connectivity index (χ0) is 54.3. The topological polar surface area (TPSA) is 51.6 Å². The van der Waals surface area contributed by atoms with E-state index in [2.05, 4.69) is 184 Å². The predicted molar refractivity (Wildman–Crippen MR) is 309 cm³/mol. The van der Waals surface area contributed by atoms with Crippen molar-refractivity contribution in [3.8, 4) is 78.4 Å². The SMILES string of the molecule is Cc1[c-]c(-c2cc(C)c(-c3ccccc3)cn2)cc(C)c1.Cc1[c-]c(-c2cc(C)c(-c3ccccc3)cn2)cc(C)c1.Cc1cccnc1-c1[c-]cccc1.FC(F)(F)c1ccccc1-c1ccnc(-c2[c-]cccc2)c1.[Ir].[Ir].[Ir]. The third-order valence-corrected chi connectivity index (χ3v) is 12.5. The molecule has 4 aromatic heterocycles. The molecule has 4 nitrogen and oxygen atoms in total. The molecule has 0 N–H and O–H groups in total. The molecule has 7 aromatic carbocycles. The molecule has 80 heavy (non-hydrogen) atoms. The first-order valence-corrected chi connectivity index (χ1v) is 25.2. The molecule has 0 aliphatic carbocycles. The van der Waals surface area contributed by atoms with Crippen molar-refractivity contribution in [1.29, 1.82) is 0 Å². The summed E-state index contributed by atoms with van der Waals surface area (Å²) < 4.78 is 39.4. The third-order valence-electron chi connectivity index (χ3n) is 12.5. The van der Waals surface area contributed by atoms with Gasteiger partial charge in [0.2, 0.25) is 0 Å². The maximum Gasteiger partial charge on any atom is 0.417 e. The summed E-state index contributed by atoms with van der Waals surface area (Å²) in [5.74, 6) is 0. The number of hydrogen-bond donors (Lipinski definition) is 0. The Kier molecular flexibility index (Phi) is 24.3. The smallest absolute Gasteiger partial charge is 0.305 e. The molecule has 0 bridgehead atoms. The van der Waals surface area contributed by atoms with Gasteiger partial charge in [-0.05, 0) is 95.1 Å². The van der Waals surface area contributed by atoms with Crippen molar-refractivity contribution in [1.82, 2.24) is 19.9 Å². The van der Waals surface area contributed by atoms with Crippen molar-refractivity contribution in [2.75, 3.05) is 0 Å². The molecule has 0 aliphatic rings. The molecule has 0 atom stereocenters. The summed E-state index contributed by atoms with van der Waals surface area (Å²) in [7, 11) is 0. The Balaban J connectivity index is 0.000000196. The molecule has 4 heterocycles. The van der Waals surface area contributed by atoms with Crippen LogP contribution in [-0.2, 0) is 66.5 Å². The molecule has 0 saturated heterocycles. The number of benzene rings is 7. The minimum Gasteiger partial charge on any atom is -0.305 e. The molecule has 0 amide bonds. The van der Waals surface area contributed by atoms with Crippen LogP contribution in [0.5, 0.6) is 0 Å². The van der Waals surface area contributed by atoms with E-state index in [-0.39, 0.29) is 65.9 Å². The second-order valence-electron chi connectivity index (χ2n) is 18.7. The van der Waals surface area contributed by atoms with E-state index >= 15 is 0 Å². The van der Waals surface area contributed by atoms with Gasteiger partial charge in [0.15, 0.2) is 0 Å². The summed E-state index contributed by atoms with van der Waals surface area (Å²) in [5.41, 5.74) is 20.7. The van der Waals surface area contributed by atoms with E-state index in [4.69, 9.17) is 0 Å². The number of alkyl halides is 3. The molecular formula is C70H57F3Ir3N4-4. The van der Waals surface area contributed by atoms with Crippen molar-refractivity contribution < 1.29 is 73.5 Å². The monoisotopic (exact) mass is 1590 g/mol. The first kappa shape index (κ1) is 63.7. The normalized spacial score (nSPS) is 10.3. The van der Waals surface area contributed by atoms with Crippen LogP contribution in [-0.4, -0.2) is 19.9 Å². The standard InChI is InChI=1S/2C20H18N.C18H11F3N.C12H10N.3Ir/c2*1-14-9-15(2)11-18(10-14)20-12-16(3)19(13-21-20)17-7-5-4-6-8-17;19-18(20,21)16-9-5-4-8-15(16)14-10-11-22-17(12-14)13-6-2-1-3-7-13;1-10-6-5-9-13-12(10)11-7-3-2-4-8-11;;;/h2*4-10,12-13H,1-3H3;1-6,8-12H;2-7,9H,1H3;;;/q4*-1;;;. The van der Waals surface area contributed by atoms with Crippen molar-refractivity contribution >= 4 is 0 Å². The zero-order valence-electron chi connectivity index (χ0n) is 45.2. The molecule has 0 aliphatic heterocycles. The summed E-state index contributed by atoms with van der Waals surface area (Å²) >= 11 is 0. The molecule has 10 heteroatoms. The van der Waals surface area contributed by atoms with Crippen LogP contribution in [0.1, 0.15) is 44.5 Å². The molecule has 0 fully saturated rings. The van der Waals surface area contributed by atoms with Crippen LogP contribution < -0.4 is 0 Å². The Morgan fingerprint density at radius 1 is 0.362 bits per heavy atom. The van der Waals surface area contributed by atoms with Crippen LogP contribution >= 0.6 is 0 Å². The first-order chi connectivity index (χ1) is 37.2. The van der Waals surface area contributed by atoms with Crippen LogP contribution in [0, 0.1) is 72.7 Å². The van der Waals surface area contributed by atoms with Gasteiger partial charge in [-0.2, -0.15) is 13.2 Å². The van der Waals surface area contributed by atoms with E-state index in [1.54, 1.807) is 24.3 Å². The minimum atomic E-state index is -4.39. The molecule has 3 radical (unpaired) electrons. The van der Waals surface area contributed by atoms with E-state index < -0.39 is 11.7 Å². The van der Waals surface area contributed by atoms with Crippen LogP contribution in [0.3, 0.4) is 0 Å². The second kappa shape index (κ2) is 30.5. The van der Waals surface area contributed by atoms with Crippen molar-refractivity contribution in [2.45, 2.75) is 54.6 Å². The fourth-order valence-electron chi connectivity index (χ4n) is 8.90. The van der Waals surface area contributed by atoms with Gasteiger partial charge in [-0.1, -0.05) is 136 Å². The van der Waals surface area contributed by atoms with Gasteiger partial charge in [0.1, 0.15) is 0 Å². The van der Waals surface area contributed by atoms with Crippen LogP contribution in [0.2, 0.25) is 0 Å². The van der Waals surface area contributed by atoms with Crippen molar-refractivity contribution in [3.63, 3.8) is 0 Å². The maximum absolute atomic E-state index is 13.1. The number of nitrogens with zero attached hydrogens (tertiary/aromatic N) is 4. The van der Waals surface area contributed by atoms with Crippen molar-refractivity contribution in [3.05, 3.63) is 288 Å². The number of rotatable bonds is 7. The number of hydrogen-bond acceptors (Lipinski definition) is 4. The van der Waals surface area contributed by atoms with Crippen LogP contribution in [0.15, 0.2) is 219 Å². The Bertz CT molecular complexity index is 3530. The fourth-order valence-corrected chi connectivity index (χ4v) is 8.90. The summed E-state index contributed by atoms with van der Waals surface area (Å²) in [5, 5.41) is 0. The Morgan fingerprint density at radius 3 is 1.30 bits per heavy atom. The molecule has 409 valence electrons. The van der Waals surface area contributed by atoms with Gasteiger partial charge >= 0.3 is 6.18 Å². The van der Waals surface area contributed by atoms with Crippen LogP contribution in [0.4, 0.5) is 13.2 Å². The van der Waals surface area contributed by atoms with E-state index in [0.29, 0.717) is 11.3 Å². The van der Waals surface area contributed by atoms with Crippen molar-refractivity contribution in [2.24, 2.45) is 0 Å². The number of halogens is 3. The Morgan fingerprint density at radius 2 is 0.838 bits per heavy atom. The minimum absolute atomic E-state index is 0. The number of aryl methyl sites for hydroxylation is 7. The van der Waals surface area contributed by atoms with Gasteiger partial charge in [0.05, 0.1) is 5.56 Å². The molecule has 0 spiro atoms. The zero-order valence-corrected chi connectivity index (χ0v) is 52.4. The molecule has 0 saturated carbocycles. The molecule has 11 rings (SSSR count). The van der Waals surface area contributed by atoms with Gasteiger partial charge in [-0.15, -0.1) is 142 Å². The Labute approximate surface area is 510 Å². The number of aromatic nitrogens is 4. The van der Waals surface area contributed by atoms with Gasteiger partial charge in [0.25, 0.3) is 0 Å². The van der Waals surface area contributed by atoms with Crippen LogP contribution in [0.25, 0.3) is 78.4 Å². The van der Waals surface area contributed by atoms with Gasteiger partial charge in [-0.25, -0.2) is 0 Å². The van der Waals surface area contributed by atoms with E-state index in [1.807, 2.05) is 79.3 Å². The van der Waals surface area contributed by atoms with E-state index in [9.17, 15) is 13.2 Å². The van der Waals surface area contributed by atoms with E-state index in [1.165, 1.54) is 68.4 Å². The predicted octanol–water partition coefficient (Wildman–Crippen LogP) is 18.4. The summed E-state index contributed by atoms with van der Waals surface area (Å²) in [4.78, 5) is 17.8. The summed E-state index contributed by atoms with van der Waals surface area (Å²) in [6.45, 7) is 14.7. The number of pyridine rings is 4. The summed E-state index contributed by atoms with van der Waals surface area (Å²) in [6.07, 6.45) is 2.86. The largest absolute Gasteiger partial charge is 0.417 e. The average molecular weight is 1590 g/mol. The second-order valence-corrected chi connectivity index (χ2v) is 18.7. The molecule has 0 unspecified atom stereocenters. The fraction of sp³-hybridized carbons (Fsp3) is 0.114. The third kappa shape index (κ3) is 17.4. The quantitative estimate of drug-likeness (QED) is 0.149.